The molecule has 4 rings (SSSR count). The van der Waals surface area contributed by atoms with Crippen molar-refractivity contribution in [1.82, 2.24) is 20.4 Å². The molecule has 1 amide bonds. The van der Waals surface area contributed by atoms with Crippen LogP contribution in [0.5, 0.6) is 0 Å². The van der Waals surface area contributed by atoms with Gasteiger partial charge in [0.15, 0.2) is 0 Å². The Kier molecular flexibility index (Phi) is 9.15. The molecule has 0 spiro atoms. The normalized spacial score (nSPS) is 40.9. The third kappa shape index (κ3) is 5.41. The highest BCUT2D eigenvalue weighted by Crippen LogP contribution is 2.68. The largest absolute Gasteiger partial charge is 0.345 e. The molecule has 36 heavy (non-hydrogen) atoms. The van der Waals surface area contributed by atoms with E-state index in [1.165, 1.54) is 57.8 Å². The first-order chi connectivity index (χ1) is 17.1. The molecule has 2 N–H and O–H groups in total. The topological polar surface area (TPSA) is 47.6 Å². The first-order valence-corrected chi connectivity index (χ1v) is 15.4. The molecule has 4 aliphatic carbocycles. The van der Waals surface area contributed by atoms with Crippen LogP contribution >= 0.6 is 0 Å². The lowest BCUT2D eigenvalue weighted by Crippen LogP contribution is -2.55. The summed E-state index contributed by atoms with van der Waals surface area (Å²) in [5, 5.41) is 7.13. The van der Waals surface area contributed by atoms with Gasteiger partial charge in [-0.15, -0.1) is 0 Å². The molecule has 208 valence electrons. The van der Waals surface area contributed by atoms with Gasteiger partial charge in [0.25, 0.3) is 0 Å². The first kappa shape index (κ1) is 28.4. The minimum Gasteiger partial charge on any atom is -0.345 e. The van der Waals surface area contributed by atoms with E-state index >= 15 is 0 Å². The van der Waals surface area contributed by atoms with Gasteiger partial charge in [-0.3, -0.25) is 4.79 Å². The van der Waals surface area contributed by atoms with Gasteiger partial charge in [0.2, 0.25) is 5.91 Å². The molecule has 5 nitrogen and oxygen atoms in total. The maximum absolute atomic E-state index is 13.5. The second kappa shape index (κ2) is 11.6. The van der Waals surface area contributed by atoms with Crippen LogP contribution in [0.4, 0.5) is 0 Å². The van der Waals surface area contributed by atoms with E-state index in [0.717, 1.165) is 62.3 Å². The molecule has 0 aromatic rings. The number of rotatable bonds is 10. The minimum absolute atomic E-state index is 0.159. The average molecular weight is 503 g/mol. The Morgan fingerprint density at radius 3 is 2.36 bits per heavy atom. The molecule has 0 aromatic heterocycles. The van der Waals surface area contributed by atoms with Crippen molar-refractivity contribution < 1.29 is 4.79 Å². The van der Waals surface area contributed by atoms with E-state index in [1.807, 2.05) is 19.0 Å². The van der Waals surface area contributed by atoms with Gasteiger partial charge in [0.05, 0.1) is 0 Å². The van der Waals surface area contributed by atoms with Crippen molar-refractivity contribution in [2.24, 2.45) is 46.3 Å². The van der Waals surface area contributed by atoms with E-state index < -0.39 is 0 Å². The van der Waals surface area contributed by atoms with E-state index in [1.54, 1.807) is 0 Å². The molecule has 0 bridgehead atoms. The minimum atomic E-state index is 0.159. The molecule has 0 aliphatic heterocycles. The summed E-state index contributed by atoms with van der Waals surface area (Å²) in [4.78, 5) is 17.7. The van der Waals surface area contributed by atoms with Crippen molar-refractivity contribution >= 4 is 5.91 Å². The van der Waals surface area contributed by atoms with Crippen LogP contribution < -0.4 is 10.6 Å². The number of hydrogen-bond acceptors (Lipinski definition) is 4. The zero-order chi connectivity index (χ0) is 26.1. The van der Waals surface area contributed by atoms with Gasteiger partial charge < -0.3 is 20.4 Å². The van der Waals surface area contributed by atoms with E-state index in [-0.39, 0.29) is 5.92 Å². The Bertz CT molecular complexity index is 742. The van der Waals surface area contributed by atoms with Crippen molar-refractivity contribution in [3.63, 3.8) is 0 Å². The predicted octanol–water partition coefficient (Wildman–Crippen LogP) is 4.87. The third-order valence-electron chi connectivity index (χ3n) is 12.0. The molecule has 4 fully saturated rings. The molecule has 0 heterocycles. The number of likely N-dealkylation sites (N-methyl/N-ethyl adjacent to an activating group) is 1. The number of amides is 1. The molecule has 0 radical (unpaired) electrons. The summed E-state index contributed by atoms with van der Waals surface area (Å²) in [7, 11) is 8.31. The van der Waals surface area contributed by atoms with Gasteiger partial charge in [-0.1, -0.05) is 20.8 Å². The smallest absolute Gasteiger partial charge is 0.225 e. The maximum Gasteiger partial charge on any atom is 0.225 e. The van der Waals surface area contributed by atoms with Gasteiger partial charge in [0.1, 0.15) is 0 Å². The molecule has 4 saturated carbocycles. The fraction of sp³-hybridized carbons (Fsp3) is 0.968. The van der Waals surface area contributed by atoms with E-state index in [4.69, 9.17) is 0 Å². The van der Waals surface area contributed by atoms with Crippen LogP contribution in [0, 0.1) is 46.3 Å². The van der Waals surface area contributed by atoms with Crippen molar-refractivity contribution in [2.45, 2.75) is 91.0 Å². The summed E-state index contributed by atoms with van der Waals surface area (Å²) in [5.74, 6) is 4.64. The van der Waals surface area contributed by atoms with Crippen LogP contribution in [-0.4, -0.2) is 76.1 Å². The number of nitrogens with zero attached hydrogens (tertiary/aromatic N) is 2. The fourth-order valence-electron chi connectivity index (χ4n) is 9.96. The summed E-state index contributed by atoms with van der Waals surface area (Å²) < 4.78 is 0. The standard InChI is InChI=1S/C31H58N4O/c1-22(29(36)35(7)20-8-19-34(5)6)26-11-12-27-25-10-9-23-21-24(33-18-17-32-4)13-15-30(23,2)28(25)14-16-31(26,27)3/h22-28,32-33H,8-21H2,1-7H3. The van der Waals surface area contributed by atoms with Crippen LogP contribution in [-0.2, 0) is 4.79 Å². The summed E-state index contributed by atoms with van der Waals surface area (Å²) in [5.41, 5.74) is 0.896. The lowest BCUT2D eigenvalue weighted by atomic mass is 9.44. The maximum atomic E-state index is 13.5. The van der Waals surface area contributed by atoms with Crippen molar-refractivity contribution in [1.29, 1.82) is 0 Å². The van der Waals surface area contributed by atoms with Crippen molar-refractivity contribution in [3.05, 3.63) is 0 Å². The third-order valence-corrected chi connectivity index (χ3v) is 12.0. The van der Waals surface area contributed by atoms with Gasteiger partial charge in [-0.05, 0) is 132 Å². The number of nitrogens with one attached hydrogen (secondary N) is 2. The van der Waals surface area contributed by atoms with Gasteiger partial charge >= 0.3 is 0 Å². The Morgan fingerprint density at radius 2 is 1.64 bits per heavy atom. The van der Waals surface area contributed by atoms with Crippen LogP contribution in [0.25, 0.3) is 0 Å². The molecule has 4 aliphatic rings. The van der Waals surface area contributed by atoms with Gasteiger partial charge in [0, 0.05) is 38.6 Å². The first-order valence-electron chi connectivity index (χ1n) is 15.4. The highest BCUT2D eigenvalue weighted by Gasteiger charge is 2.61. The lowest BCUT2D eigenvalue weighted by Gasteiger charge is -2.61. The SMILES string of the molecule is CNCCNC1CCC2(C)C(CCC3C2CCC2(C)C(C(C)C(=O)N(C)CCCN(C)C)CCC32)C1. The summed E-state index contributed by atoms with van der Waals surface area (Å²) >= 11 is 0. The van der Waals surface area contributed by atoms with E-state index in [2.05, 4.69) is 50.4 Å². The Labute approximate surface area is 222 Å². The van der Waals surface area contributed by atoms with Crippen LogP contribution in [0.2, 0.25) is 0 Å². The number of carbonyl (C=O) groups excluding carboxylic acids is 1. The van der Waals surface area contributed by atoms with E-state index in [9.17, 15) is 4.79 Å². The van der Waals surface area contributed by atoms with E-state index in [0.29, 0.717) is 22.7 Å². The predicted molar refractivity (Wildman–Crippen MR) is 151 cm³/mol. The highest BCUT2D eigenvalue weighted by molar-refractivity contribution is 5.78. The molecular weight excluding hydrogens is 444 g/mol. The average Bonchev–Trinajstić information content (AvgIpc) is 3.20. The van der Waals surface area contributed by atoms with Gasteiger partial charge in [-0.2, -0.15) is 0 Å². The Balaban J connectivity index is 1.39. The molecule has 9 atom stereocenters. The zero-order valence-electron chi connectivity index (χ0n) is 24.7. The molecular formula is C31H58N4O. The molecule has 0 aromatic carbocycles. The number of carbonyl (C=O) groups is 1. The lowest BCUT2D eigenvalue weighted by molar-refractivity contribution is -0.141. The van der Waals surface area contributed by atoms with Crippen LogP contribution in [0.1, 0.15) is 85.0 Å². The fourth-order valence-corrected chi connectivity index (χ4v) is 9.96. The van der Waals surface area contributed by atoms with Crippen LogP contribution in [0.15, 0.2) is 0 Å². The zero-order valence-corrected chi connectivity index (χ0v) is 24.7. The van der Waals surface area contributed by atoms with Gasteiger partial charge in [-0.25, -0.2) is 0 Å². The molecule has 5 heteroatoms. The van der Waals surface area contributed by atoms with Crippen molar-refractivity contribution in [3.8, 4) is 0 Å². The van der Waals surface area contributed by atoms with Crippen LogP contribution in [0.3, 0.4) is 0 Å². The number of fused-ring (bicyclic) bond motifs is 5. The monoisotopic (exact) mass is 502 g/mol. The Morgan fingerprint density at radius 1 is 0.917 bits per heavy atom. The second-order valence-corrected chi connectivity index (χ2v) is 14.1. The summed E-state index contributed by atoms with van der Waals surface area (Å²) in [6.45, 7) is 11.6. The van der Waals surface area contributed by atoms with Crippen molar-refractivity contribution in [2.75, 3.05) is 54.4 Å². The second-order valence-electron chi connectivity index (χ2n) is 14.1. The molecule has 9 unspecified atom stereocenters. The number of hydrogen-bond donors (Lipinski definition) is 2. The highest BCUT2D eigenvalue weighted by atomic mass is 16.2. The Hall–Kier alpha value is -0.650. The summed E-state index contributed by atoms with van der Waals surface area (Å²) in [6, 6.07) is 0.722. The quantitative estimate of drug-likeness (QED) is 0.419. The molecule has 0 saturated heterocycles. The summed E-state index contributed by atoms with van der Waals surface area (Å²) in [6.07, 6.45) is 13.5.